The van der Waals surface area contributed by atoms with Crippen LogP contribution in [0.1, 0.15) is 30.1 Å². The van der Waals surface area contributed by atoms with Gasteiger partial charge in [-0.05, 0) is 44.1 Å². The van der Waals surface area contributed by atoms with Crippen LogP contribution >= 0.6 is 11.6 Å². The average Bonchev–Trinajstić information content (AvgIpc) is 2.83. The van der Waals surface area contributed by atoms with Crippen molar-refractivity contribution in [2.45, 2.75) is 25.8 Å². The number of carbonyl (C=O) groups excluding carboxylic acids is 1. The van der Waals surface area contributed by atoms with Gasteiger partial charge in [0.05, 0.1) is 0 Å². The van der Waals surface area contributed by atoms with Gasteiger partial charge in [0, 0.05) is 23.2 Å². The van der Waals surface area contributed by atoms with Gasteiger partial charge in [-0.2, -0.15) is 0 Å². The molecule has 18 heavy (non-hydrogen) atoms. The van der Waals surface area contributed by atoms with Gasteiger partial charge in [0.25, 0.3) is 5.91 Å². The highest BCUT2D eigenvalue weighted by Crippen LogP contribution is 2.16. The molecular formula is C14H19ClN2O. The highest BCUT2D eigenvalue weighted by atomic mass is 35.5. The Balaban J connectivity index is 1.88. The van der Waals surface area contributed by atoms with Crippen molar-refractivity contribution in [1.82, 2.24) is 10.2 Å². The van der Waals surface area contributed by atoms with E-state index in [0.717, 1.165) is 19.6 Å². The zero-order chi connectivity index (χ0) is 13.0. The summed E-state index contributed by atoms with van der Waals surface area (Å²) in [5.41, 5.74) is 0.628. The van der Waals surface area contributed by atoms with E-state index >= 15 is 0 Å². The number of rotatable bonds is 4. The maximum Gasteiger partial charge on any atom is 0.251 e. The SMILES string of the molecule is CCN1CCC[C@H]1CNC(=O)c1cccc(Cl)c1. The summed E-state index contributed by atoms with van der Waals surface area (Å²) in [6.07, 6.45) is 2.40. The Morgan fingerprint density at radius 1 is 1.56 bits per heavy atom. The van der Waals surface area contributed by atoms with Gasteiger partial charge in [0.15, 0.2) is 0 Å². The van der Waals surface area contributed by atoms with Gasteiger partial charge in [-0.3, -0.25) is 9.69 Å². The lowest BCUT2D eigenvalue weighted by Gasteiger charge is -2.22. The zero-order valence-corrected chi connectivity index (χ0v) is 11.4. The molecule has 0 aliphatic carbocycles. The molecule has 1 aliphatic rings. The molecule has 1 amide bonds. The monoisotopic (exact) mass is 266 g/mol. The molecule has 0 bridgehead atoms. The summed E-state index contributed by atoms with van der Waals surface area (Å²) in [6, 6.07) is 7.54. The van der Waals surface area contributed by atoms with E-state index in [1.54, 1.807) is 24.3 Å². The van der Waals surface area contributed by atoms with Crippen LogP contribution in [0.15, 0.2) is 24.3 Å². The lowest BCUT2D eigenvalue weighted by Crippen LogP contribution is -2.40. The van der Waals surface area contributed by atoms with E-state index in [1.807, 2.05) is 0 Å². The second kappa shape index (κ2) is 6.21. The molecule has 1 aliphatic heterocycles. The number of amides is 1. The maximum absolute atomic E-state index is 12.0. The lowest BCUT2D eigenvalue weighted by atomic mass is 10.2. The predicted molar refractivity (Wildman–Crippen MR) is 74.1 cm³/mol. The average molecular weight is 267 g/mol. The van der Waals surface area contributed by atoms with E-state index in [2.05, 4.69) is 17.1 Å². The summed E-state index contributed by atoms with van der Waals surface area (Å²) in [5.74, 6) is -0.0412. The third-order valence-electron chi connectivity index (χ3n) is 3.49. The van der Waals surface area contributed by atoms with E-state index < -0.39 is 0 Å². The highest BCUT2D eigenvalue weighted by molar-refractivity contribution is 6.30. The van der Waals surface area contributed by atoms with E-state index in [0.29, 0.717) is 16.6 Å². The molecule has 1 aromatic rings. The largest absolute Gasteiger partial charge is 0.350 e. The number of halogens is 1. The van der Waals surface area contributed by atoms with Gasteiger partial charge < -0.3 is 5.32 Å². The first-order valence-electron chi connectivity index (χ1n) is 6.48. The van der Waals surface area contributed by atoms with Gasteiger partial charge >= 0.3 is 0 Å². The lowest BCUT2D eigenvalue weighted by molar-refractivity contribution is 0.0941. The molecule has 0 radical (unpaired) electrons. The minimum absolute atomic E-state index is 0.0412. The number of nitrogens with zero attached hydrogens (tertiary/aromatic N) is 1. The summed E-state index contributed by atoms with van der Waals surface area (Å²) < 4.78 is 0. The normalized spacial score (nSPS) is 20.0. The van der Waals surface area contributed by atoms with Gasteiger partial charge in [-0.25, -0.2) is 0 Å². The molecule has 0 unspecified atom stereocenters. The molecule has 98 valence electrons. The van der Waals surface area contributed by atoms with Crippen molar-refractivity contribution in [2.24, 2.45) is 0 Å². The van der Waals surface area contributed by atoms with E-state index in [-0.39, 0.29) is 5.91 Å². The summed E-state index contributed by atoms with van der Waals surface area (Å²) >= 11 is 5.87. The summed E-state index contributed by atoms with van der Waals surface area (Å²) in [6.45, 7) is 5.09. The number of likely N-dealkylation sites (N-methyl/N-ethyl adjacent to an activating group) is 1. The number of benzene rings is 1. The third-order valence-corrected chi connectivity index (χ3v) is 3.73. The number of hydrogen-bond donors (Lipinski definition) is 1. The second-order valence-corrected chi connectivity index (χ2v) is 5.08. The van der Waals surface area contributed by atoms with Gasteiger partial charge in [-0.1, -0.05) is 24.6 Å². The highest BCUT2D eigenvalue weighted by Gasteiger charge is 2.23. The number of carbonyl (C=O) groups is 1. The van der Waals surface area contributed by atoms with Crippen molar-refractivity contribution in [1.29, 1.82) is 0 Å². The van der Waals surface area contributed by atoms with Gasteiger partial charge in [0.2, 0.25) is 0 Å². The molecule has 4 heteroatoms. The fourth-order valence-electron chi connectivity index (χ4n) is 2.48. The number of hydrogen-bond acceptors (Lipinski definition) is 2. The van der Waals surface area contributed by atoms with Crippen LogP contribution < -0.4 is 5.32 Å². The molecule has 1 heterocycles. The first-order valence-corrected chi connectivity index (χ1v) is 6.86. The van der Waals surface area contributed by atoms with Crippen molar-refractivity contribution in [3.8, 4) is 0 Å². The molecule has 1 saturated heterocycles. The zero-order valence-electron chi connectivity index (χ0n) is 10.7. The molecule has 2 rings (SSSR count). The Labute approximate surface area is 113 Å². The fraction of sp³-hybridized carbons (Fsp3) is 0.500. The van der Waals surface area contributed by atoms with Crippen molar-refractivity contribution in [3.63, 3.8) is 0 Å². The van der Waals surface area contributed by atoms with Crippen LogP contribution in [0, 0.1) is 0 Å². The Hall–Kier alpha value is -1.06. The molecule has 0 saturated carbocycles. The second-order valence-electron chi connectivity index (χ2n) is 4.65. The minimum Gasteiger partial charge on any atom is -0.350 e. The molecule has 0 aromatic heterocycles. The Kier molecular flexibility index (Phi) is 4.61. The Bertz CT molecular complexity index is 422. The van der Waals surface area contributed by atoms with Crippen LogP contribution in [0.2, 0.25) is 5.02 Å². The molecule has 3 nitrogen and oxygen atoms in total. The number of nitrogens with one attached hydrogen (secondary N) is 1. The fourth-order valence-corrected chi connectivity index (χ4v) is 2.68. The van der Waals surface area contributed by atoms with E-state index in [4.69, 9.17) is 11.6 Å². The molecular weight excluding hydrogens is 248 g/mol. The van der Waals surface area contributed by atoms with Crippen LogP contribution in [-0.2, 0) is 0 Å². The summed E-state index contributed by atoms with van der Waals surface area (Å²) in [5, 5.41) is 3.59. The molecule has 0 spiro atoms. The standard InChI is InChI=1S/C14H19ClN2O/c1-2-17-8-4-7-13(17)10-16-14(18)11-5-3-6-12(15)9-11/h3,5-6,9,13H,2,4,7-8,10H2,1H3,(H,16,18)/t13-/m0/s1. The molecule has 1 N–H and O–H groups in total. The van der Waals surface area contributed by atoms with Crippen LogP contribution in [0.5, 0.6) is 0 Å². The molecule has 1 fully saturated rings. The summed E-state index contributed by atoms with van der Waals surface area (Å²) in [4.78, 5) is 14.4. The van der Waals surface area contributed by atoms with Crippen molar-refractivity contribution < 1.29 is 4.79 Å². The van der Waals surface area contributed by atoms with Crippen LogP contribution in [0.25, 0.3) is 0 Å². The van der Waals surface area contributed by atoms with E-state index in [9.17, 15) is 4.79 Å². The van der Waals surface area contributed by atoms with Crippen LogP contribution in [-0.4, -0.2) is 36.5 Å². The van der Waals surface area contributed by atoms with Crippen molar-refractivity contribution in [3.05, 3.63) is 34.9 Å². The van der Waals surface area contributed by atoms with Gasteiger partial charge in [0.1, 0.15) is 0 Å². The van der Waals surface area contributed by atoms with Crippen molar-refractivity contribution in [2.75, 3.05) is 19.6 Å². The quantitative estimate of drug-likeness (QED) is 0.908. The van der Waals surface area contributed by atoms with E-state index in [1.165, 1.54) is 12.8 Å². The first-order chi connectivity index (χ1) is 8.70. The van der Waals surface area contributed by atoms with Crippen LogP contribution in [0.4, 0.5) is 0 Å². The first kappa shape index (κ1) is 13.4. The summed E-state index contributed by atoms with van der Waals surface area (Å²) in [7, 11) is 0. The maximum atomic E-state index is 12.0. The predicted octanol–water partition coefficient (Wildman–Crippen LogP) is 2.55. The van der Waals surface area contributed by atoms with Crippen molar-refractivity contribution >= 4 is 17.5 Å². The smallest absolute Gasteiger partial charge is 0.251 e. The third kappa shape index (κ3) is 3.24. The molecule has 1 atom stereocenters. The minimum atomic E-state index is -0.0412. The Morgan fingerprint density at radius 3 is 3.11 bits per heavy atom. The van der Waals surface area contributed by atoms with Gasteiger partial charge in [-0.15, -0.1) is 0 Å². The van der Waals surface area contributed by atoms with Crippen LogP contribution in [0.3, 0.4) is 0 Å². The topological polar surface area (TPSA) is 32.3 Å². The number of likely N-dealkylation sites (tertiary alicyclic amines) is 1. The Morgan fingerprint density at radius 2 is 2.39 bits per heavy atom. The molecule has 1 aromatic carbocycles.